The number of rotatable bonds is 4. The van der Waals surface area contributed by atoms with Gasteiger partial charge in [-0.25, -0.2) is 0 Å². The number of hydrogen-bond acceptors (Lipinski definition) is 0. The first kappa shape index (κ1) is 17.5. The van der Waals surface area contributed by atoms with E-state index >= 15 is 0 Å². The van der Waals surface area contributed by atoms with Gasteiger partial charge in [-0.1, -0.05) is 75.7 Å². The third-order valence-electron chi connectivity index (χ3n) is 3.85. The van der Waals surface area contributed by atoms with E-state index in [1.54, 1.807) is 0 Å². The molecule has 0 radical (unpaired) electrons. The van der Waals surface area contributed by atoms with Gasteiger partial charge < -0.3 is 0 Å². The molecule has 21 heavy (non-hydrogen) atoms. The smallest absolute Gasteiger partial charge is 0.0307 e. The average Bonchev–Trinajstić information content (AvgIpc) is 2.54. The maximum atomic E-state index is 2.30. The molecule has 0 heteroatoms. The third-order valence-corrected chi connectivity index (χ3v) is 3.85. The highest BCUT2D eigenvalue weighted by atomic mass is 14.0. The molecule has 0 aliphatic rings. The molecule has 0 saturated heterocycles. The zero-order valence-corrected chi connectivity index (χ0v) is 14.4. The Bertz CT molecular complexity index is 475. The molecule has 0 N–H and O–H groups in total. The Labute approximate surface area is 131 Å². The molecule has 0 aromatic heterocycles. The molecule has 0 nitrogen and oxygen atoms in total. The molecular formula is C21H30. The van der Waals surface area contributed by atoms with Gasteiger partial charge in [-0.2, -0.15) is 0 Å². The SMILES string of the molecule is CCc1cc(C)cc(CC)c1.CCc1ccc(CC)cc1. The van der Waals surface area contributed by atoms with Crippen LogP contribution in [0.2, 0.25) is 0 Å². The first-order valence-electron chi connectivity index (χ1n) is 8.30. The van der Waals surface area contributed by atoms with Crippen LogP contribution in [0.15, 0.2) is 42.5 Å². The summed E-state index contributed by atoms with van der Waals surface area (Å²) >= 11 is 0. The van der Waals surface area contributed by atoms with E-state index in [-0.39, 0.29) is 0 Å². The Morgan fingerprint density at radius 2 is 0.857 bits per heavy atom. The second-order valence-electron chi connectivity index (χ2n) is 5.56. The highest BCUT2D eigenvalue weighted by molar-refractivity contribution is 5.29. The van der Waals surface area contributed by atoms with Gasteiger partial charge in [-0.05, 0) is 54.9 Å². The Hall–Kier alpha value is -1.56. The third kappa shape index (κ3) is 6.16. The molecule has 2 rings (SSSR count). The van der Waals surface area contributed by atoms with E-state index in [9.17, 15) is 0 Å². The van der Waals surface area contributed by atoms with Crippen LogP contribution in [0, 0.1) is 6.92 Å². The number of benzene rings is 2. The van der Waals surface area contributed by atoms with Crippen LogP contribution in [-0.4, -0.2) is 0 Å². The van der Waals surface area contributed by atoms with Gasteiger partial charge >= 0.3 is 0 Å². The average molecular weight is 282 g/mol. The quantitative estimate of drug-likeness (QED) is 0.652. The molecular weight excluding hydrogens is 252 g/mol. The van der Waals surface area contributed by atoms with Crippen molar-refractivity contribution in [2.45, 2.75) is 60.3 Å². The van der Waals surface area contributed by atoms with E-state index in [4.69, 9.17) is 0 Å². The first-order valence-corrected chi connectivity index (χ1v) is 8.30. The number of aryl methyl sites for hydroxylation is 5. The van der Waals surface area contributed by atoms with Crippen molar-refractivity contribution in [2.24, 2.45) is 0 Å². The van der Waals surface area contributed by atoms with Crippen molar-refractivity contribution >= 4 is 0 Å². The van der Waals surface area contributed by atoms with Gasteiger partial charge in [-0.3, -0.25) is 0 Å². The molecule has 0 aliphatic heterocycles. The summed E-state index contributed by atoms with van der Waals surface area (Å²) in [4.78, 5) is 0. The Morgan fingerprint density at radius 1 is 0.524 bits per heavy atom. The molecule has 0 aliphatic carbocycles. The Morgan fingerprint density at radius 3 is 1.14 bits per heavy atom. The lowest BCUT2D eigenvalue weighted by molar-refractivity contribution is 1.08. The first-order chi connectivity index (χ1) is 10.1. The van der Waals surface area contributed by atoms with E-state index in [0.717, 1.165) is 25.7 Å². The topological polar surface area (TPSA) is 0 Å². The van der Waals surface area contributed by atoms with Crippen LogP contribution in [0.25, 0.3) is 0 Å². The molecule has 0 atom stereocenters. The molecule has 0 unspecified atom stereocenters. The highest BCUT2D eigenvalue weighted by Gasteiger charge is 1.94. The summed E-state index contributed by atoms with van der Waals surface area (Å²) in [5, 5.41) is 0. The van der Waals surface area contributed by atoms with Gasteiger partial charge in [0.1, 0.15) is 0 Å². The summed E-state index contributed by atoms with van der Waals surface area (Å²) in [5.41, 5.74) is 7.17. The van der Waals surface area contributed by atoms with Crippen molar-refractivity contribution in [1.29, 1.82) is 0 Å². The van der Waals surface area contributed by atoms with Crippen LogP contribution in [0.3, 0.4) is 0 Å². The van der Waals surface area contributed by atoms with Crippen LogP contribution in [0.1, 0.15) is 55.5 Å². The molecule has 0 amide bonds. The van der Waals surface area contributed by atoms with Crippen molar-refractivity contribution in [3.8, 4) is 0 Å². The normalized spacial score (nSPS) is 9.95. The van der Waals surface area contributed by atoms with Crippen molar-refractivity contribution in [3.63, 3.8) is 0 Å². The van der Waals surface area contributed by atoms with Gasteiger partial charge in [0.15, 0.2) is 0 Å². The van der Waals surface area contributed by atoms with Crippen LogP contribution >= 0.6 is 0 Å². The summed E-state index contributed by atoms with van der Waals surface area (Å²) in [6.07, 6.45) is 4.58. The van der Waals surface area contributed by atoms with E-state index in [1.165, 1.54) is 27.8 Å². The predicted octanol–water partition coefficient (Wildman–Crippen LogP) is 5.93. The van der Waals surface area contributed by atoms with Crippen LogP contribution in [0.4, 0.5) is 0 Å². The fraction of sp³-hybridized carbons (Fsp3) is 0.429. The molecule has 0 spiro atoms. The van der Waals surface area contributed by atoms with Gasteiger partial charge in [0.2, 0.25) is 0 Å². The molecule has 2 aromatic carbocycles. The van der Waals surface area contributed by atoms with Crippen LogP contribution in [0.5, 0.6) is 0 Å². The minimum absolute atomic E-state index is 1.14. The lowest BCUT2D eigenvalue weighted by Gasteiger charge is -2.02. The summed E-state index contributed by atoms with van der Waals surface area (Å²) in [6, 6.07) is 15.7. The monoisotopic (exact) mass is 282 g/mol. The summed E-state index contributed by atoms with van der Waals surface area (Å²) in [5.74, 6) is 0. The fourth-order valence-electron chi connectivity index (χ4n) is 2.37. The zero-order chi connectivity index (χ0) is 15.7. The van der Waals surface area contributed by atoms with Crippen molar-refractivity contribution in [2.75, 3.05) is 0 Å². The molecule has 0 bridgehead atoms. The van der Waals surface area contributed by atoms with Gasteiger partial charge in [0, 0.05) is 0 Å². The molecule has 114 valence electrons. The molecule has 0 saturated carbocycles. The van der Waals surface area contributed by atoms with Crippen molar-refractivity contribution in [1.82, 2.24) is 0 Å². The van der Waals surface area contributed by atoms with Crippen molar-refractivity contribution in [3.05, 3.63) is 70.3 Å². The minimum Gasteiger partial charge on any atom is -0.0613 e. The summed E-state index contributed by atoms with van der Waals surface area (Å²) < 4.78 is 0. The van der Waals surface area contributed by atoms with Crippen LogP contribution < -0.4 is 0 Å². The van der Waals surface area contributed by atoms with Gasteiger partial charge in [-0.15, -0.1) is 0 Å². The van der Waals surface area contributed by atoms with Gasteiger partial charge in [0.25, 0.3) is 0 Å². The summed E-state index contributed by atoms with van der Waals surface area (Å²) in [6.45, 7) is 10.9. The lowest BCUT2D eigenvalue weighted by atomic mass is 10.0. The molecule has 2 aromatic rings. The standard InChI is InChI=1S/C11H16.C10H14/c1-4-10-6-9(3)7-11(5-2)8-10;1-3-9-5-7-10(4-2)8-6-9/h6-8H,4-5H2,1-3H3;5-8H,3-4H2,1-2H3. The maximum absolute atomic E-state index is 2.30. The molecule has 0 fully saturated rings. The fourth-order valence-corrected chi connectivity index (χ4v) is 2.37. The summed E-state index contributed by atoms with van der Waals surface area (Å²) in [7, 11) is 0. The number of hydrogen-bond donors (Lipinski definition) is 0. The second kappa shape index (κ2) is 9.39. The van der Waals surface area contributed by atoms with E-state index in [0.29, 0.717) is 0 Å². The maximum Gasteiger partial charge on any atom is -0.0307 e. The van der Waals surface area contributed by atoms with E-state index in [1.807, 2.05) is 0 Å². The second-order valence-corrected chi connectivity index (χ2v) is 5.56. The highest BCUT2D eigenvalue weighted by Crippen LogP contribution is 2.10. The minimum atomic E-state index is 1.14. The zero-order valence-electron chi connectivity index (χ0n) is 14.4. The largest absolute Gasteiger partial charge is 0.0613 e. The van der Waals surface area contributed by atoms with Gasteiger partial charge in [0.05, 0.1) is 0 Å². The van der Waals surface area contributed by atoms with Crippen molar-refractivity contribution < 1.29 is 0 Å². The van der Waals surface area contributed by atoms with E-state index in [2.05, 4.69) is 77.1 Å². The molecule has 0 heterocycles. The predicted molar refractivity (Wildman–Crippen MR) is 95.1 cm³/mol. The Balaban J connectivity index is 0.000000211. The lowest BCUT2D eigenvalue weighted by Crippen LogP contribution is -1.87. The van der Waals surface area contributed by atoms with Crippen LogP contribution in [-0.2, 0) is 25.7 Å². The Kier molecular flexibility index (Phi) is 7.82. The van der Waals surface area contributed by atoms with E-state index < -0.39 is 0 Å².